The minimum absolute atomic E-state index is 0.0916. The highest BCUT2D eigenvalue weighted by atomic mass is 19.4. The molecule has 7 nitrogen and oxygen atoms in total. The minimum Gasteiger partial charge on any atom is -0.484 e. The lowest BCUT2D eigenvalue weighted by molar-refractivity contribution is -0.137. The Morgan fingerprint density at radius 2 is 1.93 bits per heavy atom. The van der Waals surface area contributed by atoms with Gasteiger partial charge >= 0.3 is 6.18 Å². The first-order chi connectivity index (χ1) is 12.6. The first kappa shape index (κ1) is 20.3. The van der Waals surface area contributed by atoms with Gasteiger partial charge in [-0.3, -0.25) is 14.3 Å². The molecule has 1 aromatic carbocycles. The van der Waals surface area contributed by atoms with Gasteiger partial charge in [0.15, 0.2) is 6.61 Å². The number of aromatic nitrogens is 2. The standard InChI is InChI=1S/C17H19F3N4O3/c1-10-16(11(2)24(3)23-10)22-14(25)8-21-15(26)9-27-13-6-4-5-12(7-13)17(18,19)20/h4-7H,8-9H2,1-3H3,(H,21,26)(H,22,25). The zero-order valence-electron chi connectivity index (χ0n) is 15.0. The third-order valence-electron chi connectivity index (χ3n) is 3.75. The molecule has 0 atom stereocenters. The maximum absolute atomic E-state index is 12.6. The Morgan fingerprint density at radius 3 is 2.52 bits per heavy atom. The van der Waals surface area contributed by atoms with Crippen LogP contribution in [0.2, 0.25) is 0 Å². The molecule has 2 amide bonds. The van der Waals surface area contributed by atoms with Crippen LogP contribution in [0.4, 0.5) is 18.9 Å². The van der Waals surface area contributed by atoms with E-state index in [1.807, 2.05) is 0 Å². The van der Waals surface area contributed by atoms with Crippen molar-refractivity contribution in [2.75, 3.05) is 18.5 Å². The summed E-state index contributed by atoms with van der Waals surface area (Å²) in [5, 5.41) is 9.15. The van der Waals surface area contributed by atoms with E-state index in [0.29, 0.717) is 11.4 Å². The Bertz CT molecular complexity index is 846. The van der Waals surface area contributed by atoms with Gasteiger partial charge in [-0.2, -0.15) is 18.3 Å². The molecule has 0 spiro atoms. The monoisotopic (exact) mass is 384 g/mol. The summed E-state index contributed by atoms with van der Waals surface area (Å²) in [4.78, 5) is 23.7. The molecule has 0 aliphatic rings. The van der Waals surface area contributed by atoms with E-state index in [1.54, 1.807) is 25.6 Å². The first-order valence-corrected chi connectivity index (χ1v) is 7.94. The van der Waals surface area contributed by atoms with E-state index in [4.69, 9.17) is 4.74 Å². The average Bonchev–Trinajstić information content (AvgIpc) is 2.84. The Kier molecular flexibility index (Phi) is 6.09. The molecule has 0 bridgehead atoms. The summed E-state index contributed by atoms with van der Waals surface area (Å²) < 4.78 is 44.5. The molecule has 27 heavy (non-hydrogen) atoms. The summed E-state index contributed by atoms with van der Waals surface area (Å²) in [5.41, 5.74) is 1.10. The number of nitrogens with zero attached hydrogens (tertiary/aromatic N) is 2. The van der Waals surface area contributed by atoms with E-state index in [0.717, 1.165) is 17.8 Å². The minimum atomic E-state index is -4.50. The molecule has 1 aromatic heterocycles. The number of benzene rings is 1. The van der Waals surface area contributed by atoms with Crippen molar-refractivity contribution < 1.29 is 27.5 Å². The van der Waals surface area contributed by atoms with Crippen molar-refractivity contribution >= 4 is 17.5 Å². The van der Waals surface area contributed by atoms with Gasteiger partial charge in [0.2, 0.25) is 5.91 Å². The number of alkyl halides is 3. The number of hydrogen-bond acceptors (Lipinski definition) is 4. The second-order valence-corrected chi connectivity index (χ2v) is 5.81. The zero-order chi connectivity index (χ0) is 20.2. The van der Waals surface area contributed by atoms with Crippen LogP contribution in [0.15, 0.2) is 24.3 Å². The molecule has 0 saturated heterocycles. The van der Waals surface area contributed by atoms with E-state index in [1.165, 1.54) is 12.1 Å². The van der Waals surface area contributed by atoms with E-state index >= 15 is 0 Å². The van der Waals surface area contributed by atoms with E-state index in [2.05, 4.69) is 15.7 Å². The van der Waals surface area contributed by atoms with E-state index in [9.17, 15) is 22.8 Å². The molecule has 0 aliphatic carbocycles. The highest BCUT2D eigenvalue weighted by molar-refractivity contribution is 5.95. The molecule has 0 radical (unpaired) electrons. The second-order valence-electron chi connectivity index (χ2n) is 5.81. The molecular formula is C17H19F3N4O3. The summed E-state index contributed by atoms with van der Waals surface area (Å²) in [5.74, 6) is -1.19. The van der Waals surface area contributed by atoms with E-state index in [-0.39, 0.29) is 12.3 Å². The number of hydrogen-bond donors (Lipinski definition) is 2. The molecule has 0 unspecified atom stereocenters. The summed E-state index contributed by atoms with van der Waals surface area (Å²) in [6, 6.07) is 4.19. The van der Waals surface area contributed by atoms with Crippen LogP contribution in [0.3, 0.4) is 0 Å². The lowest BCUT2D eigenvalue weighted by atomic mass is 10.2. The Labute approximate surface area is 153 Å². The van der Waals surface area contributed by atoms with E-state index < -0.39 is 30.2 Å². The smallest absolute Gasteiger partial charge is 0.416 e. The van der Waals surface area contributed by atoms with Crippen molar-refractivity contribution in [3.63, 3.8) is 0 Å². The number of halogens is 3. The van der Waals surface area contributed by atoms with Crippen molar-refractivity contribution in [1.82, 2.24) is 15.1 Å². The van der Waals surface area contributed by atoms with Gasteiger partial charge in [-0.25, -0.2) is 0 Å². The second kappa shape index (κ2) is 8.11. The SMILES string of the molecule is Cc1nn(C)c(C)c1NC(=O)CNC(=O)COc1cccc(C(F)(F)F)c1. The van der Waals surface area contributed by atoms with Gasteiger partial charge in [0.1, 0.15) is 5.75 Å². The highest BCUT2D eigenvalue weighted by Crippen LogP contribution is 2.31. The number of carbonyl (C=O) groups is 2. The fourth-order valence-corrected chi connectivity index (χ4v) is 2.28. The first-order valence-electron chi connectivity index (χ1n) is 7.94. The quantitative estimate of drug-likeness (QED) is 0.800. The van der Waals surface area contributed by atoms with Crippen LogP contribution >= 0.6 is 0 Å². The summed E-state index contributed by atoms with van der Waals surface area (Å²) in [7, 11) is 1.74. The van der Waals surface area contributed by atoms with Gasteiger partial charge in [-0.1, -0.05) is 6.07 Å². The number of amides is 2. The number of anilines is 1. The van der Waals surface area contributed by atoms with Gasteiger partial charge < -0.3 is 15.4 Å². The summed E-state index contributed by atoms with van der Waals surface area (Å²) >= 11 is 0. The summed E-state index contributed by atoms with van der Waals surface area (Å²) in [6.07, 6.45) is -4.50. The number of aryl methyl sites for hydroxylation is 2. The molecule has 0 saturated carbocycles. The predicted octanol–water partition coefficient (Wildman–Crippen LogP) is 2.19. The summed E-state index contributed by atoms with van der Waals surface area (Å²) in [6.45, 7) is 2.71. The maximum atomic E-state index is 12.6. The van der Waals surface area contributed by atoms with Crippen LogP contribution in [0.1, 0.15) is 17.0 Å². The number of nitrogens with one attached hydrogen (secondary N) is 2. The largest absolute Gasteiger partial charge is 0.484 e. The normalized spacial score (nSPS) is 11.2. The molecule has 2 rings (SSSR count). The molecule has 1 heterocycles. The van der Waals surface area contributed by atoms with Crippen LogP contribution in [0.25, 0.3) is 0 Å². The van der Waals surface area contributed by atoms with Crippen LogP contribution in [-0.2, 0) is 22.8 Å². The average molecular weight is 384 g/mol. The van der Waals surface area contributed by atoms with Crippen LogP contribution in [0, 0.1) is 13.8 Å². The van der Waals surface area contributed by atoms with Crippen molar-refractivity contribution in [3.05, 3.63) is 41.2 Å². The van der Waals surface area contributed by atoms with Gasteiger partial charge in [0.05, 0.1) is 29.2 Å². The van der Waals surface area contributed by atoms with Crippen molar-refractivity contribution in [2.45, 2.75) is 20.0 Å². The lowest BCUT2D eigenvalue weighted by Crippen LogP contribution is -2.36. The number of ether oxygens (including phenoxy) is 1. The van der Waals surface area contributed by atoms with Gasteiger partial charge in [0.25, 0.3) is 5.91 Å². The Morgan fingerprint density at radius 1 is 1.22 bits per heavy atom. The highest BCUT2D eigenvalue weighted by Gasteiger charge is 2.30. The third kappa shape index (κ3) is 5.47. The van der Waals surface area contributed by atoms with Crippen molar-refractivity contribution in [3.8, 4) is 5.75 Å². The van der Waals surface area contributed by atoms with Gasteiger partial charge in [-0.05, 0) is 32.0 Å². The van der Waals surface area contributed by atoms with Crippen LogP contribution in [-0.4, -0.2) is 34.7 Å². The number of carbonyl (C=O) groups excluding carboxylic acids is 2. The van der Waals surface area contributed by atoms with Gasteiger partial charge in [0, 0.05) is 7.05 Å². The molecular weight excluding hydrogens is 365 g/mol. The van der Waals surface area contributed by atoms with Gasteiger partial charge in [-0.15, -0.1) is 0 Å². The predicted molar refractivity (Wildman–Crippen MR) is 91.3 cm³/mol. The molecule has 0 aliphatic heterocycles. The molecule has 0 fully saturated rings. The molecule has 2 N–H and O–H groups in total. The zero-order valence-corrected chi connectivity index (χ0v) is 15.0. The lowest BCUT2D eigenvalue weighted by Gasteiger charge is -2.10. The molecule has 2 aromatic rings. The van der Waals surface area contributed by atoms with Crippen molar-refractivity contribution in [2.24, 2.45) is 7.05 Å². The third-order valence-corrected chi connectivity index (χ3v) is 3.75. The van der Waals surface area contributed by atoms with Crippen LogP contribution in [0.5, 0.6) is 5.75 Å². The maximum Gasteiger partial charge on any atom is 0.416 e. The molecule has 10 heteroatoms. The topological polar surface area (TPSA) is 85.3 Å². The van der Waals surface area contributed by atoms with Crippen LogP contribution < -0.4 is 15.4 Å². The number of rotatable bonds is 6. The fourth-order valence-electron chi connectivity index (χ4n) is 2.28. The van der Waals surface area contributed by atoms with Crippen molar-refractivity contribution in [1.29, 1.82) is 0 Å². The fraction of sp³-hybridized carbons (Fsp3) is 0.353. The Hall–Kier alpha value is -3.04. The Balaban J connectivity index is 1.82. The molecule has 146 valence electrons.